The number of ether oxygens (including phenoxy) is 3. The molecule has 1 unspecified atom stereocenters. The summed E-state index contributed by atoms with van der Waals surface area (Å²) in [6.45, 7) is 8.05. The number of amides is 1. The second-order valence-electron chi connectivity index (χ2n) is 10.0. The minimum absolute atomic E-state index is 0.0359. The number of nitrogens with zero attached hydrogens (tertiary/aromatic N) is 3. The van der Waals surface area contributed by atoms with Crippen LogP contribution >= 0.6 is 0 Å². The highest BCUT2D eigenvalue weighted by atomic mass is 16.5. The van der Waals surface area contributed by atoms with Crippen LogP contribution in [0.2, 0.25) is 0 Å². The molecule has 0 radical (unpaired) electrons. The Balaban J connectivity index is 1.73. The smallest absolute Gasteiger partial charge is 0.295 e. The van der Waals surface area contributed by atoms with Crippen LogP contribution in [-0.2, 0) is 16.1 Å². The van der Waals surface area contributed by atoms with Gasteiger partial charge in [0.2, 0.25) is 0 Å². The Kier molecular flexibility index (Phi) is 9.47. The molecule has 3 aromatic rings. The standard InChI is InChI=1S/C31H37N3O6/c1-5-39-26-19-23(9-12-25(26)40-18-13-21(2)3)28-27(29(35)22-7-10-24(38-4)11-8-22)30(36)31(37)34(28)16-6-15-33-17-14-32-20-33/h7-12,14,17,19-21,28,35H,5-6,13,15-16,18H2,1-4H3. The highest BCUT2D eigenvalue weighted by Crippen LogP contribution is 2.42. The van der Waals surface area contributed by atoms with E-state index in [-0.39, 0.29) is 11.3 Å². The summed E-state index contributed by atoms with van der Waals surface area (Å²) in [4.78, 5) is 32.3. The van der Waals surface area contributed by atoms with Crippen LogP contribution < -0.4 is 14.2 Å². The molecule has 2 aromatic carbocycles. The normalized spacial score (nSPS) is 16.5. The van der Waals surface area contributed by atoms with Crippen LogP contribution in [0.4, 0.5) is 0 Å². The van der Waals surface area contributed by atoms with Gasteiger partial charge in [0, 0.05) is 31.0 Å². The first-order valence-electron chi connectivity index (χ1n) is 13.6. The fourth-order valence-corrected chi connectivity index (χ4v) is 4.69. The van der Waals surface area contributed by atoms with Gasteiger partial charge in [0.15, 0.2) is 11.5 Å². The number of imidazole rings is 1. The van der Waals surface area contributed by atoms with Gasteiger partial charge in [0.1, 0.15) is 11.5 Å². The number of Topliss-reactive ketones (excluding diaryl/α,β-unsaturated/α-hetero) is 1. The van der Waals surface area contributed by atoms with E-state index in [0.717, 1.165) is 6.42 Å². The third-order valence-corrected chi connectivity index (χ3v) is 6.81. The van der Waals surface area contributed by atoms with Crippen molar-refractivity contribution in [3.8, 4) is 17.2 Å². The van der Waals surface area contributed by atoms with Crippen LogP contribution in [0.3, 0.4) is 0 Å². The van der Waals surface area contributed by atoms with Crippen LogP contribution in [0, 0.1) is 5.92 Å². The topological polar surface area (TPSA) is 103 Å². The van der Waals surface area contributed by atoms with Gasteiger partial charge < -0.3 is 28.8 Å². The van der Waals surface area contributed by atoms with Crippen molar-refractivity contribution in [2.45, 2.75) is 46.2 Å². The number of likely N-dealkylation sites (tertiary alicyclic amines) is 1. The molecule has 0 bridgehead atoms. The average Bonchev–Trinajstić information content (AvgIpc) is 3.56. The quantitative estimate of drug-likeness (QED) is 0.178. The van der Waals surface area contributed by atoms with E-state index >= 15 is 0 Å². The molecule has 9 heteroatoms. The maximum Gasteiger partial charge on any atom is 0.295 e. The number of methoxy groups -OCH3 is 1. The molecule has 1 fully saturated rings. The second kappa shape index (κ2) is 13.2. The Morgan fingerprint density at radius 2 is 1.82 bits per heavy atom. The van der Waals surface area contributed by atoms with Crippen LogP contribution in [0.15, 0.2) is 66.8 Å². The molecule has 1 aromatic heterocycles. The lowest BCUT2D eigenvalue weighted by atomic mass is 9.95. The van der Waals surface area contributed by atoms with Crippen molar-refractivity contribution < 1.29 is 28.9 Å². The van der Waals surface area contributed by atoms with E-state index in [2.05, 4.69) is 18.8 Å². The number of carbonyl (C=O) groups excluding carboxylic acids is 2. The molecule has 1 aliphatic heterocycles. The molecule has 1 amide bonds. The van der Waals surface area contributed by atoms with E-state index in [1.807, 2.05) is 23.8 Å². The Morgan fingerprint density at radius 1 is 1.05 bits per heavy atom. The van der Waals surface area contributed by atoms with Gasteiger partial charge >= 0.3 is 0 Å². The zero-order valence-corrected chi connectivity index (χ0v) is 23.5. The van der Waals surface area contributed by atoms with Crippen LogP contribution in [-0.4, -0.2) is 58.1 Å². The number of aliphatic hydroxyl groups excluding tert-OH is 1. The van der Waals surface area contributed by atoms with E-state index in [1.165, 1.54) is 4.90 Å². The number of rotatable bonds is 13. The van der Waals surface area contributed by atoms with Gasteiger partial charge in [-0.2, -0.15) is 0 Å². The number of benzene rings is 2. The maximum atomic E-state index is 13.4. The largest absolute Gasteiger partial charge is 0.507 e. The lowest BCUT2D eigenvalue weighted by molar-refractivity contribution is -0.139. The SMILES string of the molecule is CCOc1cc(C2C(=C(O)c3ccc(OC)cc3)C(=O)C(=O)N2CCCn2ccnc2)ccc1OCCC(C)C. The van der Waals surface area contributed by atoms with Gasteiger partial charge in [-0.15, -0.1) is 0 Å². The summed E-state index contributed by atoms with van der Waals surface area (Å²) in [5.74, 6) is 0.614. The Bertz CT molecular complexity index is 1330. The van der Waals surface area contributed by atoms with Gasteiger partial charge in [-0.3, -0.25) is 9.59 Å². The molecule has 2 heterocycles. The summed E-state index contributed by atoms with van der Waals surface area (Å²) in [7, 11) is 1.55. The molecule has 0 saturated carbocycles. The van der Waals surface area contributed by atoms with E-state index in [9.17, 15) is 14.7 Å². The number of hydrogen-bond donors (Lipinski definition) is 1. The van der Waals surface area contributed by atoms with Crippen molar-refractivity contribution in [3.05, 3.63) is 77.9 Å². The fourth-order valence-electron chi connectivity index (χ4n) is 4.69. The van der Waals surface area contributed by atoms with Crippen LogP contribution in [0.5, 0.6) is 17.2 Å². The van der Waals surface area contributed by atoms with Crippen molar-refractivity contribution in [1.82, 2.24) is 14.5 Å². The third kappa shape index (κ3) is 6.47. The molecule has 1 N–H and O–H groups in total. The molecular formula is C31H37N3O6. The third-order valence-electron chi connectivity index (χ3n) is 6.81. The van der Waals surface area contributed by atoms with E-state index in [1.54, 1.807) is 56.0 Å². The summed E-state index contributed by atoms with van der Waals surface area (Å²) < 4.78 is 19.0. The van der Waals surface area contributed by atoms with Crippen molar-refractivity contribution in [1.29, 1.82) is 0 Å². The molecule has 0 spiro atoms. The first-order chi connectivity index (χ1) is 19.3. The fraction of sp³-hybridized carbons (Fsp3) is 0.387. The molecule has 40 heavy (non-hydrogen) atoms. The molecule has 212 valence electrons. The van der Waals surface area contributed by atoms with Gasteiger partial charge in [-0.1, -0.05) is 19.9 Å². The van der Waals surface area contributed by atoms with Gasteiger partial charge in [0.05, 0.1) is 38.3 Å². The maximum absolute atomic E-state index is 13.4. The summed E-state index contributed by atoms with van der Waals surface area (Å²) in [6, 6.07) is 11.4. The van der Waals surface area contributed by atoms with Crippen molar-refractivity contribution in [3.63, 3.8) is 0 Å². The second-order valence-corrected chi connectivity index (χ2v) is 10.0. The van der Waals surface area contributed by atoms with E-state index < -0.39 is 17.7 Å². The Labute approximate surface area is 235 Å². The lowest BCUT2D eigenvalue weighted by Gasteiger charge is -2.26. The van der Waals surface area contributed by atoms with Crippen molar-refractivity contribution >= 4 is 17.4 Å². The molecule has 1 aliphatic rings. The number of aromatic nitrogens is 2. The molecule has 0 aliphatic carbocycles. The first-order valence-corrected chi connectivity index (χ1v) is 13.6. The van der Waals surface area contributed by atoms with Gasteiger partial charge in [0.25, 0.3) is 11.7 Å². The summed E-state index contributed by atoms with van der Waals surface area (Å²) in [6.07, 6.45) is 6.74. The molecule has 1 atom stereocenters. The predicted octanol–water partition coefficient (Wildman–Crippen LogP) is 5.23. The number of hydrogen-bond acceptors (Lipinski definition) is 7. The zero-order valence-electron chi connectivity index (χ0n) is 23.5. The highest BCUT2D eigenvalue weighted by molar-refractivity contribution is 6.46. The number of ketones is 1. The zero-order chi connectivity index (χ0) is 28.6. The lowest BCUT2D eigenvalue weighted by Crippen LogP contribution is -2.31. The van der Waals surface area contributed by atoms with Crippen LogP contribution in [0.1, 0.15) is 50.8 Å². The Morgan fingerprint density at radius 3 is 2.48 bits per heavy atom. The molecule has 4 rings (SSSR count). The van der Waals surface area contributed by atoms with Crippen LogP contribution in [0.25, 0.3) is 5.76 Å². The molecule has 9 nitrogen and oxygen atoms in total. The van der Waals surface area contributed by atoms with Gasteiger partial charge in [-0.05, 0) is 67.6 Å². The number of carbonyl (C=O) groups is 2. The summed E-state index contributed by atoms with van der Waals surface area (Å²) >= 11 is 0. The summed E-state index contributed by atoms with van der Waals surface area (Å²) in [5, 5.41) is 11.4. The first kappa shape index (κ1) is 28.7. The Hall–Kier alpha value is -4.27. The summed E-state index contributed by atoms with van der Waals surface area (Å²) in [5.41, 5.74) is 1.10. The molecule has 1 saturated heterocycles. The predicted molar refractivity (Wildman–Crippen MR) is 151 cm³/mol. The van der Waals surface area contributed by atoms with Crippen molar-refractivity contribution in [2.24, 2.45) is 5.92 Å². The van der Waals surface area contributed by atoms with E-state index in [0.29, 0.717) is 67.0 Å². The van der Waals surface area contributed by atoms with Gasteiger partial charge in [-0.25, -0.2) is 4.98 Å². The minimum atomic E-state index is -0.797. The minimum Gasteiger partial charge on any atom is -0.507 e. The van der Waals surface area contributed by atoms with Crippen molar-refractivity contribution in [2.75, 3.05) is 26.9 Å². The molecular weight excluding hydrogens is 510 g/mol. The van der Waals surface area contributed by atoms with E-state index in [4.69, 9.17) is 14.2 Å². The highest BCUT2D eigenvalue weighted by Gasteiger charge is 2.46. The number of aliphatic hydroxyl groups is 1. The monoisotopic (exact) mass is 547 g/mol. The average molecular weight is 548 g/mol. The number of aryl methyl sites for hydroxylation is 1.